The molecule has 1 N–H and O–H groups in total. The van der Waals surface area contributed by atoms with Crippen LogP contribution in [0.3, 0.4) is 0 Å². The quantitative estimate of drug-likeness (QED) is 0.719. The predicted molar refractivity (Wildman–Crippen MR) is 77.0 cm³/mol. The SMILES string of the molecule is CC(C)C(Br)C(=O)Nc1ccc(Br)cc1OC(F)(F)F. The van der Waals surface area contributed by atoms with Crippen LogP contribution in [0.15, 0.2) is 22.7 Å². The largest absolute Gasteiger partial charge is 0.573 e. The Bertz CT molecular complexity index is 492. The Hall–Kier alpha value is -0.760. The predicted octanol–water partition coefficient (Wildman–Crippen LogP) is 4.71. The Morgan fingerprint density at radius 1 is 1.35 bits per heavy atom. The minimum absolute atomic E-state index is 0.00238. The van der Waals surface area contributed by atoms with Gasteiger partial charge in [-0.25, -0.2) is 0 Å². The van der Waals surface area contributed by atoms with Crippen LogP contribution in [0.5, 0.6) is 5.75 Å². The molecule has 0 saturated heterocycles. The van der Waals surface area contributed by atoms with E-state index in [0.29, 0.717) is 4.47 Å². The molecule has 1 atom stereocenters. The van der Waals surface area contributed by atoms with Crippen LogP contribution in [0.2, 0.25) is 0 Å². The highest BCUT2D eigenvalue weighted by Gasteiger charge is 2.32. The summed E-state index contributed by atoms with van der Waals surface area (Å²) in [6, 6.07) is 3.99. The molecule has 0 aliphatic heterocycles. The van der Waals surface area contributed by atoms with Crippen LogP contribution in [0.4, 0.5) is 18.9 Å². The number of carbonyl (C=O) groups excluding carboxylic acids is 1. The molecule has 0 aromatic heterocycles. The zero-order chi connectivity index (χ0) is 15.5. The van der Waals surface area contributed by atoms with Crippen molar-refractivity contribution in [2.75, 3.05) is 5.32 Å². The lowest BCUT2D eigenvalue weighted by Gasteiger charge is -2.17. The van der Waals surface area contributed by atoms with E-state index in [-0.39, 0.29) is 11.6 Å². The number of ether oxygens (including phenoxy) is 1. The van der Waals surface area contributed by atoms with Crippen molar-refractivity contribution in [1.29, 1.82) is 0 Å². The maximum atomic E-state index is 12.3. The number of carbonyl (C=O) groups is 1. The number of rotatable bonds is 4. The lowest BCUT2D eigenvalue weighted by Crippen LogP contribution is -2.27. The third-order valence-electron chi connectivity index (χ3n) is 2.26. The van der Waals surface area contributed by atoms with Crippen molar-refractivity contribution in [2.45, 2.75) is 25.0 Å². The van der Waals surface area contributed by atoms with Gasteiger partial charge in [-0.2, -0.15) is 0 Å². The first-order chi connectivity index (χ1) is 9.10. The first-order valence-corrected chi connectivity index (χ1v) is 7.31. The van der Waals surface area contributed by atoms with Crippen LogP contribution < -0.4 is 10.1 Å². The molecule has 0 aliphatic rings. The summed E-state index contributed by atoms with van der Waals surface area (Å²) in [6.45, 7) is 3.63. The molecule has 0 saturated carbocycles. The van der Waals surface area contributed by atoms with Gasteiger partial charge in [0.1, 0.15) is 0 Å². The molecule has 1 rings (SSSR count). The zero-order valence-corrected chi connectivity index (χ0v) is 13.8. The number of amides is 1. The van der Waals surface area contributed by atoms with Crippen molar-refractivity contribution in [3.8, 4) is 5.75 Å². The Kier molecular flexibility index (Phi) is 5.88. The lowest BCUT2D eigenvalue weighted by molar-refractivity contribution is -0.274. The highest BCUT2D eigenvalue weighted by atomic mass is 79.9. The van der Waals surface area contributed by atoms with Gasteiger partial charge >= 0.3 is 6.36 Å². The van der Waals surface area contributed by atoms with Crippen molar-refractivity contribution in [1.82, 2.24) is 0 Å². The number of alkyl halides is 4. The van der Waals surface area contributed by atoms with Gasteiger partial charge in [0, 0.05) is 4.47 Å². The average Bonchev–Trinajstić information content (AvgIpc) is 2.29. The van der Waals surface area contributed by atoms with Crippen molar-refractivity contribution in [3.05, 3.63) is 22.7 Å². The van der Waals surface area contributed by atoms with Crippen LogP contribution in [0.25, 0.3) is 0 Å². The van der Waals surface area contributed by atoms with Gasteiger partial charge in [-0.3, -0.25) is 4.79 Å². The maximum Gasteiger partial charge on any atom is 0.573 e. The first-order valence-electron chi connectivity index (χ1n) is 5.60. The molecule has 1 aromatic rings. The van der Waals surface area contributed by atoms with Gasteiger partial charge in [0.05, 0.1) is 10.5 Å². The van der Waals surface area contributed by atoms with Gasteiger partial charge in [0.15, 0.2) is 5.75 Å². The normalized spacial score (nSPS) is 13.2. The second-order valence-electron chi connectivity index (χ2n) is 4.32. The van der Waals surface area contributed by atoms with Gasteiger partial charge < -0.3 is 10.1 Å². The maximum absolute atomic E-state index is 12.3. The molecule has 20 heavy (non-hydrogen) atoms. The summed E-state index contributed by atoms with van der Waals surface area (Å²) in [5, 5.41) is 2.41. The second kappa shape index (κ2) is 6.80. The van der Waals surface area contributed by atoms with E-state index >= 15 is 0 Å². The summed E-state index contributed by atoms with van der Waals surface area (Å²) in [6.07, 6.45) is -4.83. The molecule has 0 bridgehead atoms. The van der Waals surface area contributed by atoms with E-state index in [1.165, 1.54) is 12.1 Å². The van der Waals surface area contributed by atoms with E-state index in [0.717, 1.165) is 6.07 Å². The zero-order valence-electron chi connectivity index (χ0n) is 10.6. The van der Waals surface area contributed by atoms with Crippen molar-refractivity contribution >= 4 is 43.5 Å². The fourth-order valence-corrected chi connectivity index (χ4v) is 1.77. The van der Waals surface area contributed by atoms with Gasteiger partial charge in [0.2, 0.25) is 5.91 Å². The molecular weight excluding hydrogens is 407 g/mol. The van der Waals surface area contributed by atoms with Crippen LogP contribution in [-0.4, -0.2) is 17.1 Å². The van der Waals surface area contributed by atoms with Gasteiger partial charge in [-0.15, -0.1) is 13.2 Å². The molecule has 0 spiro atoms. The first kappa shape index (κ1) is 17.3. The molecule has 0 heterocycles. The number of halogens is 5. The fourth-order valence-electron chi connectivity index (χ4n) is 1.31. The van der Waals surface area contributed by atoms with Crippen molar-refractivity contribution in [3.63, 3.8) is 0 Å². The molecule has 8 heteroatoms. The van der Waals surface area contributed by atoms with Crippen LogP contribution in [-0.2, 0) is 4.79 Å². The Morgan fingerprint density at radius 3 is 2.45 bits per heavy atom. The van der Waals surface area contributed by atoms with Crippen molar-refractivity contribution < 1.29 is 22.7 Å². The van der Waals surface area contributed by atoms with Crippen LogP contribution >= 0.6 is 31.9 Å². The Labute approximate surface area is 131 Å². The monoisotopic (exact) mass is 417 g/mol. The Balaban J connectivity index is 2.97. The van der Waals surface area contributed by atoms with E-state index in [1.807, 2.05) is 13.8 Å². The molecule has 1 aromatic carbocycles. The minimum atomic E-state index is -4.83. The summed E-state index contributed by atoms with van der Waals surface area (Å²) in [5.74, 6) is -0.907. The van der Waals surface area contributed by atoms with E-state index in [2.05, 4.69) is 41.9 Å². The number of hydrogen-bond donors (Lipinski definition) is 1. The summed E-state index contributed by atoms with van der Waals surface area (Å²) in [7, 11) is 0. The van der Waals surface area contributed by atoms with Crippen molar-refractivity contribution in [2.24, 2.45) is 5.92 Å². The molecule has 1 unspecified atom stereocenters. The highest BCUT2D eigenvalue weighted by molar-refractivity contribution is 9.10. The third-order valence-corrected chi connectivity index (χ3v) is 4.23. The van der Waals surface area contributed by atoms with E-state index < -0.39 is 22.8 Å². The summed E-state index contributed by atoms with van der Waals surface area (Å²) >= 11 is 6.23. The average molecular weight is 419 g/mol. The second-order valence-corrected chi connectivity index (χ2v) is 6.23. The van der Waals surface area contributed by atoms with E-state index in [1.54, 1.807) is 0 Å². The summed E-state index contributed by atoms with van der Waals surface area (Å²) < 4.78 is 41.3. The topological polar surface area (TPSA) is 38.3 Å². The number of anilines is 1. The van der Waals surface area contributed by atoms with E-state index in [4.69, 9.17) is 0 Å². The fraction of sp³-hybridized carbons (Fsp3) is 0.417. The summed E-state index contributed by atoms with van der Waals surface area (Å²) in [4.78, 5) is 11.3. The number of nitrogens with one attached hydrogen (secondary N) is 1. The highest BCUT2D eigenvalue weighted by Crippen LogP contribution is 2.33. The smallest absolute Gasteiger partial charge is 0.404 e. The number of hydrogen-bond acceptors (Lipinski definition) is 2. The van der Waals surface area contributed by atoms with Gasteiger partial charge in [0.25, 0.3) is 0 Å². The summed E-state index contributed by atoms with van der Waals surface area (Å²) in [5.41, 5.74) is -0.0411. The Morgan fingerprint density at radius 2 is 1.95 bits per heavy atom. The third kappa shape index (κ3) is 5.32. The molecule has 1 amide bonds. The molecule has 0 radical (unpaired) electrons. The molecule has 0 aliphatic carbocycles. The number of benzene rings is 1. The van der Waals surface area contributed by atoms with Crippen LogP contribution in [0.1, 0.15) is 13.8 Å². The standard InChI is InChI=1S/C12H12Br2F3NO2/c1-6(2)10(14)11(19)18-8-4-3-7(13)5-9(8)20-12(15,16)17/h3-6,10H,1-2H3,(H,18,19). The minimum Gasteiger partial charge on any atom is -0.404 e. The molecule has 112 valence electrons. The molecular formula is C12H12Br2F3NO2. The van der Waals surface area contributed by atoms with Gasteiger partial charge in [-0.05, 0) is 24.1 Å². The molecule has 3 nitrogen and oxygen atoms in total. The van der Waals surface area contributed by atoms with E-state index in [9.17, 15) is 18.0 Å². The van der Waals surface area contributed by atoms with Crippen LogP contribution in [0, 0.1) is 5.92 Å². The van der Waals surface area contributed by atoms with Gasteiger partial charge in [-0.1, -0.05) is 45.7 Å². The molecule has 0 fully saturated rings. The lowest BCUT2D eigenvalue weighted by atomic mass is 10.1.